The van der Waals surface area contributed by atoms with Crippen LogP contribution in [0.5, 0.6) is 0 Å². The van der Waals surface area contributed by atoms with Gasteiger partial charge in [0.05, 0.1) is 22.6 Å². The van der Waals surface area contributed by atoms with Gasteiger partial charge in [-0.15, -0.1) is 0 Å². The summed E-state index contributed by atoms with van der Waals surface area (Å²) in [7, 11) is 0. The number of hydrogen-bond acceptors (Lipinski definition) is 3. The van der Waals surface area contributed by atoms with Gasteiger partial charge in [-0.1, -0.05) is 0 Å². The average Bonchev–Trinajstić information content (AvgIpc) is 3.16. The highest BCUT2D eigenvalue weighted by Gasteiger charge is 2.27. The van der Waals surface area contributed by atoms with E-state index in [0.29, 0.717) is 22.8 Å². The van der Waals surface area contributed by atoms with Gasteiger partial charge in [-0.25, -0.2) is 18.2 Å². The molecule has 7 heteroatoms. The van der Waals surface area contributed by atoms with E-state index in [9.17, 15) is 13.2 Å². The van der Waals surface area contributed by atoms with E-state index in [4.69, 9.17) is 0 Å². The van der Waals surface area contributed by atoms with Gasteiger partial charge in [0.1, 0.15) is 11.6 Å². The number of hydrogen-bond donors (Lipinski definition) is 1. The Morgan fingerprint density at radius 3 is 2.57 bits per heavy atom. The number of halogens is 3. The van der Waals surface area contributed by atoms with Crippen LogP contribution in [-0.4, -0.2) is 32.9 Å². The first-order chi connectivity index (χ1) is 14.5. The van der Waals surface area contributed by atoms with Crippen molar-refractivity contribution in [1.29, 1.82) is 0 Å². The molecule has 0 saturated carbocycles. The molecular weight excluding hydrogens is 389 g/mol. The summed E-state index contributed by atoms with van der Waals surface area (Å²) in [5.41, 5.74) is 2.87. The van der Waals surface area contributed by atoms with Gasteiger partial charge in [0.25, 0.3) is 0 Å². The van der Waals surface area contributed by atoms with Crippen LogP contribution in [-0.2, 0) is 0 Å². The number of aromatic amines is 1. The number of nitrogens with one attached hydrogen (secondary N) is 1. The number of piperidine rings is 1. The molecule has 1 N–H and O–H groups in total. The Morgan fingerprint density at radius 2 is 1.77 bits per heavy atom. The molecule has 2 aromatic carbocycles. The lowest BCUT2D eigenvalue weighted by atomic mass is 9.87. The molecule has 0 bridgehead atoms. The molecule has 1 atom stereocenters. The van der Waals surface area contributed by atoms with Crippen LogP contribution in [0.3, 0.4) is 0 Å². The van der Waals surface area contributed by atoms with E-state index in [1.54, 1.807) is 18.3 Å². The Morgan fingerprint density at radius 1 is 1.00 bits per heavy atom. The molecule has 30 heavy (non-hydrogen) atoms. The molecule has 1 fully saturated rings. The Bertz CT molecular complexity index is 1190. The molecular formula is C23H21F3N4. The van der Waals surface area contributed by atoms with E-state index in [-0.39, 0.29) is 11.9 Å². The molecule has 1 aliphatic rings. The fourth-order valence-corrected chi connectivity index (χ4v) is 4.49. The standard InChI is InChI=1S/C23H21F3N4/c1-13(23-28-21-11-18(25)19(26)12-22(21)29-23)30-8-5-14(6-9-30)16-4-7-27-20-3-2-15(24)10-17(16)20/h2-4,7,10-14H,5-6,8-9H2,1H3,(H,28,29). The number of benzene rings is 2. The third kappa shape index (κ3) is 3.33. The number of likely N-dealkylation sites (tertiary alicyclic amines) is 1. The molecule has 2 aromatic heterocycles. The van der Waals surface area contributed by atoms with Crippen molar-refractivity contribution >= 4 is 21.9 Å². The van der Waals surface area contributed by atoms with Crippen molar-refractivity contribution in [2.45, 2.75) is 31.7 Å². The van der Waals surface area contributed by atoms with Gasteiger partial charge in [-0.3, -0.25) is 9.88 Å². The van der Waals surface area contributed by atoms with Crippen LogP contribution in [0.1, 0.15) is 43.1 Å². The van der Waals surface area contributed by atoms with Gasteiger partial charge in [0, 0.05) is 23.7 Å². The summed E-state index contributed by atoms with van der Waals surface area (Å²) in [6, 6.07) is 8.99. The number of pyridine rings is 1. The second kappa shape index (κ2) is 7.40. The van der Waals surface area contributed by atoms with Crippen molar-refractivity contribution in [3.05, 3.63) is 71.4 Å². The number of fused-ring (bicyclic) bond motifs is 2. The van der Waals surface area contributed by atoms with Crippen molar-refractivity contribution in [3.8, 4) is 0 Å². The van der Waals surface area contributed by atoms with Gasteiger partial charge in [-0.2, -0.15) is 0 Å². The van der Waals surface area contributed by atoms with Crippen LogP contribution in [0.4, 0.5) is 13.2 Å². The first kappa shape index (κ1) is 19.1. The third-order valence-corrected chi connectivity index (χ3v) is 6.19. The Balaban J connectivity index is 1.34. The monoisotopic (exact) mass is 410 g/mol. The number of nitrogens with zero attached hydrogens (tertiary/aromatic N) is 3. The van der Waals surface area contributed by atoms with Crippen molar-refractivity contribution in [2.24, 2.45) is 0 Å². The minimum absolute atomic E-state index is 0.00361. The number of H-pyrrole nitrogens is 1. The number of imidazole rings is 1. The SMILES string of the molecule is CC(c1nc2cc(F)c(F)cc2[nH]1)N1CCC(c2ccnc3ccc(F)cc23)CC1. The Labute approximate surface area is 171 Å². The van der Waals surface area contributed by atoms with Crippen LogP contribution >= 0.6 is 0 Å². The smallest absolute Gasteiger partial charge is 0.161 e. The van der Waals surface area contributed by atoms with E-state index in [1.165, 1.54) is 6.07 Å². The highest BCUT2D eigenvalue weighted by atomic mass is 19.2. The van der Waals surface area contributed by atoms with E-state index in [2.05, 4.69) is 19.9 Å². The van der Waals surface area contributed by atoms with Gasteiger partial charge in [0.15, 0.2) is 11.6 Å². The molecule has 0 aliphatic carbocycles. The minimum Gasteiger partial charge on any atom is -0.341 e. The lowest BCUT2D eigenvalue weighted by molar-refractivity contribution is 0.158. The predicted octanol–water partition coefficient (Wildman–Crippen LogP) is 5.47. The van der Waals surface area contributed by atoms with Crippen LogP contribution in [0.15, 0.2) is 42.6 Å². The van der Waals surface area contributed by atoms with Crippen LogP contribution in [0.2, 0.25) is 0 Å². The zero-order valence-corrected chi connectivity index (χ0v) is 16.5. The lowest BCUT2D eigenvalue weighted by Crippen LogP contribution is -2.35. The summed E-state index contributed by atoms with van der Waals surface area (Å²) < 4.78 is 40.8. The first-order valence-corrected chi connectivity index (χ1v) is 10.1. The third-order valence-electron chi connectivity index (χ3n) is 6.19. The van der Waals surface area contributed by atoms with E-state index in [0.717, 1.165) is 54.5 Å². The van der Waals surface area contributed by atoms with E-state index >= 15 is 0 Å². The largest absolute Gasteiger partial charge is 0.341 e. The molecule has 1 unspecified atom stereocenters. The summed E-state index contributed by atoms with van der Waals surface area (Å²) in [5.74, 6) is -0.993. The van der Waals surface area contributed by atoms with Crippen molar-refractivity contribution < 1.29 is 13.2 Å². The molecule has 1 saturated heterocycles. The summed E-state index contributed by atoms with van der Waals surface area (Å²) in [5, 5.41) is 0.880. The zero-order chi connectivity index (χ0) is 20.8. The maximum absolute atomic E-state index is 13.8. The van der Waals surface area contributed by atoms with Crippen molar-refractivity contribution in [2.75, 3.05) is 13.1 Å². The molecule has 1 aliphatic heterocycles. The predicted molar refractivity (Wildman–Crippen MR) is 110 cm³/mol. The van der Waals surface area contributed by atoms with Crippen LogP contribution < -0.4 is 0 Å². The maximum atomic E-state index is 13.8. The van der Waals surface area contributed by atoms with Gasteiger partial charge in [0.2, 0.25) is 0 Å². The van der Waals surface area contributed by atoms with Crippen LogP contribution in [0.25, 0.3) is 21.9 Å². The maximum Gasteiger partial charge on any atom is 0.161 e. The Hall–Kier alpha value is -2.93. The Kier molecular flexibility index (Phi) is 4.70. The zero-order valence-electron chi connectivity index (χ0n) is 16.5. The van der Waals surface area contributed by atoms with Crippen LogP contribution in [0, 0.1) is 17.5 Å². The highest BCUT2D eigenvalue weighted by Crippen LogP contribution is 2.35. The number of rotatable bonds is 3. The van der Waals surface area contributed by atoms with Gasteiger partial charge in [-0.05, 0) is 68.6 Å². The first-order valence-electron chi connectivity index (χ1n) is 10.1. The molecule has 0 spiro atoms. The molecule has 5 rings (SSSR count). The lowest BCUT2D eigenvalue weighted by Gasteiger charge is -2.35. The highest BCUT2D eigenvalue weighted by molar-refractivity contribution is 5.82. The van der Waals surface area contributed by atoms with E-state index < -0.39 is 11.6 Å². The average molecular weight is 410 g/mol. The van der Waals surface area contributed by atoms with E-state index in [1.807, 2.05) is 13.0 Å². The topological polar surface area (TPSA) is 44.8 Å². The second-order valence-corrected chi connectivity index (χ2v) is 7.95. The number of aromatic nitrogens is 3. The molecule has 4 nitrogen and oxygen atoms in total. The fourth-order valence-electron chi connectivity index (χ4n) is 4.49. The molecule has 0 radical (unpaired) electrons. The molecule has 0 amide bonds. The fraction of sp³-hybridized carbons (Fsp3) is 0.304. The molecule has 154 valence electrons. The minimum atomic E-state index is -0.893. The second-order valence-electron chi connectivity index (χ2n) is 7.95. The summed E-state index contributed by atoms with van der Waals surface area (Å²) in [6.45, 7) is 3.75. The van der Waals surface area contributed by atoms with Gasteiger partial charge >= 0.3 is 0 Å². The normalized spacial score (nSPS) is 17.1. The summed E-state index contributed by atoms with van der Waals surface area (Å²) in [6.07, 6.45) is 3.66. The summed E-state index contributed by atoms with van der Waals surface area (Å²) >= 11 is 0. The van der Waals surface area contributed by atoms with Gasteiger partial charge < -0.3 is 4.98 Å². The van der Waals surface area contributed by atoms with Crippen molar-refractivity contribution in [3.63, 3.8) is 0 Å². The van der Waals surface area contributed by atoms with Crippen molar-refractivity contribution in [1.82, 2.24) is 19.9 Å². The molecule has 3 heterocycles. The molecule has 4 aromatic rings. The quantitative estimate of drug-likeness (QED) is 0.487. The summed E-state index contributed by atoms with van der Waals surface area (Å²) in [4.78, 5) is 14.2.